The fourth-order valence-electron chi connectivity index (χ4n) is 2.33. The van der Waals surface area contributed by atoms with Gasteiger partial charge in [0.05, 0.1) is 5.71 Å². The van der Waals surface area contributed by atoms with Crippen molar-refractivity contribution in [1.82, 2.24) is 5.43 Å². The third-order valence-electron chi connectivity index (χ3n) is 3.73. The van der Waals surface area contributed by atoms with Crippen LogP contribution in [-0.4, -0.2) is 11.6 Å². The fourth-order valence-corrected chi connectivity index (χ4v) is 2.33. The summed E-state index contributed by atoms with van der Waals surface area (Å²) in [6.45, 7) is 4.18. The molecule has 1 amide bonds. The van der Waals surface area contributed by atoms with Crippen molar-refractivity contribution in [3.05, 3.63) is 71.3 Å². The summed E-state index contributed by atoms with van der Waals surface area (Å²) in [5.41, 5.74) is 6.45. The van der Waals surface area contributed by atoms with Gasteiger partial charge >= 0.3 is 0 Å². The van der Waals surface area contributed by atoms with Gasteiger partial charge in [0.15, 0.2) is 0 Å². The average Bonchev–Trinajstić information content (AvgIpc) is 2.59. The third kappa shape index (κ3) is 5.37. The Labute approximate surface area is 138 Å². The van der Waals surface area contributed by atoms with Crippen LogP contribution >= 0.6 is 0 Å². The van der Waals surface area contributed by atoms with E-state index >= 15 is 0 Å². The van der Waals surface area contributed by atoms with E-state index in [2.05, 4.69) is 17.5 Å². The second-order valence-electron chi connectivity index (χ2n) is 5.69. The second-order valence-corrected chi connectivity index (χ2v) is 5.69. The summed E-state index contributed by atoms with van der Waals surface area (Å²) in [7, 11) is 0. The van der Waals surface area contributed by atoms with Gasteiger partial charge in [-0.2, -0.15) is 5.10 Å². The van der Waals surface area contributed by atoms with Crippen LogP contribution in [0, 0.1) is 6.92 Å². The van der Waals surface area contributed by atoms with Crippen molar-refractivity contribution in [1.29, 1.82) is 0 Å². The van der Waals surface area contributed by atoms with Crippen LogP contribution in [0.1, 0.15) is 54.1 Å². The number of hydrogen-bond donors (Lipinski definition) is 1. The first-order valence-corrected chi connectivity index (χ1v) is 8.19. The van der Waals surface area contributed by atoms with Crippen LogP contribution in [0.25, 0.3) is 0 Å². The molecule has 3 nitrogen and oxygen atoms in total. The second kappa shape index (κ2) is 8.89. The minimum absolute atomic E-state index is 0.172. The monoisotopic (exact) mass is 308 g/mol. The van der Waals surface area contributed by atoms with E-state index in [9.17, 15) is 4.79 Å². The Morgan fingerprint density at radius 3 is 2.30 bits per heavy atom. The molecule has 0 spiro atoms. The molecule has 2 rings (SSSR count). The predicted octanol–water partition coefficient (Wildman–Crippen LogP) is 4.71. The molecule has 120 valence electrons. The normalized spacial score (nSPS) is 11.3. The molecule has 1 N–H and O–H groups in total. The highest BCUT2D eigenvalue weighted by atomic mass is 16.2. The molecule has 0 saturated carbocycles. The van der Waals surface area contributed by atoms with Gasteiger partial charge in [-0.15, -0.1) is 0 Å². The minimum Gasteiger partial charge on any atom is -0.267 e. The summed E-state index contributed by atoms with van der Waals surface area (Å²) in [5, 5.41) is 4.38. The molecular weight excluding hydrogens is 284 g/mol. The predicted molar refractivity (Wildman–Crippen MR) is 95.8 cm³/mol. The molecule has 0 aliphatic carbocycles. The van der Waals surface area contributed by atoms with E-state index in [-0.39, 0.29) is 5.91 Å². The lowest BCUT2D eigenvalue weighted by Gasteiger charge is -2.08. The lowest BCUT2D eigenvalue weighted by atomic mass is 10.0. The van der Waals surface area contributed by atoms with E-state index in [0.29, 0.717) is 5.56 Å². The van der Waals surface area contributed by atoms with Crippen molar-refractivity contribution in [2.45, 2.75) is 39.5 Å². The van der Waals surface area contributed by atoms with Crippen molar-refractivity contribution in [2.75, 3.05) is 0 Å². The molecule has 0 unspecified atom stereocenters. The molecule has 23 heavy (non-hydrogen) atoms. The number of carbonyl (C=O) groups is 1. The molecule has 2 aromatic rings. The first-order chi connectivity index (χ1) is 11.2. The Bertz CT molecular complexity index is 645. The van der Waals surface area contributed by atoms with Crippen molar-refractivity contribution in [2.24, 2.45) is 5.10 Å². The summed E-state index contributed by atoms with van der Waals surface area (Å²) in [6.07, 6.45) is 4.27. The highest BCUT2D eigenvalue weighted by Gasteiger charge is 2.07. The van der Waals surface area contributed by atoms with Gasteiger partial charge in [0.2, 0.25) is 0 Å². The van der Waals surface area contributed by atoms with Gasteiger partial charge in [0.1, 0.15) is 0 Å². The lowest BCUT2D eigenvalue weighted by molar-refractivity contribution is 0.0955. The van der Waals surface area contributed by atoms with Crippen LogP contribution in [0.15, 0.2) is 59.7 Å². The number of carbonyl (C=O) groups excluding carboxylic acids is 1. The molecule has 0 radical (unpaired) electrons. The maximum atomic E-state index is 12.2. The summed E-state index contributed by atoms with van der Waals surface area (Å²) in [6, 6.07) is 17.5. The van der Waals surface area contributed by atoms with Crippen molar-refractivity contribution in [3.63, 3.8) is 0 Å². The smallest absolute Gasteiger partial charge is 0.267 e. The highest BCUT2D eigenvalue weighted by Crippen LogP contribution is 2.09. The molecule has 0 aliphatic heterocycles. The fraction of sp³-hybridized carbons (Fsp3) is 0.300. The molecule has 0 fully saturated rings. The van der Waals surface area contributed by atoms with Crippen LogP contribution in [-0.2, 0) is 0 Å². The van der Waals surface area contributed by atoms with Gasteiger partial charge in [-0.1, -0.05) is 67.8 Å². The number of unbranched alkanes of at least 4 members (excludes halogenated alkanes) is 2. The Hall–Kier alpha value is -2.42. The Morgan fingerprint density at radius 1 is 0.957 bits per heavy atom. The Kier molecular flexibility index (Phi) is 6.55. The zero-order valence-electron chi connectivity index (χ0n) is 13.9. The van der Waals surface area contributed by atoms with Crippen LogP contribution in [0.5, 0.6) is 0 Å². The van der Waals surface area contributed by atoms with Gasteiger partial charge in [-0.25, -0.2) is 5.43 Å². The Balaban J connectivity index is 2.09. The van der Waals surface area contributed by atoms with Crippen LogP contribution in [0.3, 0.4) is 0 Å². The summed E-state index contributed by atoms with van der Waals surface area (Å²) in [4.78, 5) is 12.2. The maximum Gasteiger partial charge on any atom is 0.271 e. The largest absolute Gasteiger partial charge is 0.271 e. The first kappa shape index (κ1) is 16.9. The zero-order valence-corrected chi connectivity index (χ0v) is 13.9. The van der Waals surface area contributed by atoms with Gasteiger partial charge in [0, 0.05) is 5.56 Å². The van der Waals surface area contributed by atoms with E-state index < -0.39 is 0 Å². The highest BCUT2D eigenvalue weighted by molar-refractivity contribution is 6.02. The van der Waals surface area contributed by atoms with E-state index in [1.54, 1.807) is 0 Å². The molecule has 0 saturated heterocycles. The molecule has 0 heterocycles. The number of nitrogens with zero attached hydrogens (tertiary/aromatic N) is 1. The number of hydrazone groups is 1. The lowest BCUT2D eigenvalue weighted by Crippen LogP contribution is -2.20. The topological polar surface area (TPSA) is 41.5 Å². The molecule has 0 bridgehead atoms. The van der Waals surface area contributed by atoms with Crippen molar-refractivity contribution in [3.8, 4) is 0 Å². The van der Waals surface area contributed by atoms with Gasteiger partial charge < -0.3 is 0 Å². The maximum absolute atomic E-state index is 12.2. The summed E-state index contributed by atoms with van der Waals surface area (Å²) in [5.74, 6) is -0.172. The standard InChI is InChI=1S/C20H24N2O/c1-3-4-6-11-19(17-9-7-5-8-10-17)21-22-20(23)18-14-12-16(2)13-15-18/h5,7-10,12-15H,3-4,6,11H2,1-2H3,(H,22,23). The zero-order chi connectivity index (χ0) is 16.5. The van der Waals surface area contributed by atoms with E-state index in [1.807, 2.05) is 61.5 Å². The number of rotatable bonds is 7. The Morgan fingerprint density at radius 2 is 1.65 bits per heavy atom. The number of aryl methyl sites for hydroxylation is 1. The van der Waals surface area contributed by atoms with E-state index in [4.69, 9.17) is 0 Å². The summed E-state index contributed by atoms with van der Waals surface area (Å²) < 4.78 is 0. The van der Waals surface area contributed by atoms with Gasteiger partial charge in [0.25, 0.3) is 5.91 Å². The quantitative estimate of drug-likeness (QED) is 0.449. The van der Waals surface area contributed by atoms with Crippen molar-refractivity contribution >= 4 is 11.6 Å². The molecule has 0 atom stereocenters. The number of nitrogens with one attached hydrogen (secondary N) is 1. The molecule has 3 heteroatoms. The van der Waals surface area contributed by atoms with Crippen LogP contribution in [0.4, 0.5) is 0 Å². The molecule has 2 aromatic carbocycles. The van der Waals surface area contributed by atoms with E-state index in [1.165, 1.54) is 0 Å². The average molecular weight is 308 g/mol. The van der Waals surface area contributed by atoms with E-state index in [0.717, 1.165) is 42.5 Å². The number of amides is 1. The van der Waals surface area contributed by atoms with Gasteiger partial charge in [-0.3, -0.25) is 4.79 Å². The van der Waals surface area contributed by atoms with Gasteiger partial charge in [-0.05, 0) is 37.5 Å². The SMILES string of the molecule is CCCCCC(=NNC(=O)c1ccc(C)cc1)c1ccccc1. The van der Waals surface area contributed by atoms with Crippen LogP contribution < -0.4 is 5.43 Å². The minimum atomic E-state index is -0.172. The van der Waals surface area contributed by atoms with Crippen LogP contribution in [0.2, 0.25) is 0 Å². The summed E-state index contributed by atoms with van der Waals surface area (Å²) >= 11 is 0. The molecule has 0 aliphatic rings. The number of benzene rings is 2. The first-order valence-electron chi connectivity index (χ1n) is 8.19. The molecule has 0 aromatic heterocycles. The molecular formula is C20H24N2O. The number of hydrogen-bond acceptors (Lipinski definition) is 2. The van der Waals surface area contributed by atoms with Crippen molar-refractivity contribution < 1.29 is 4.79 Å². The third-order valence-corrected chi connectivity index (χ3v) is 3.73.